The lowest BCUT2D eigenvalue weighted by molar-refractivity contribution is -0.384. The highest BCUT2D eigenvalue weighted by atomic mass is 127. The fourth-order valence-electron chi connectivity index (χ4n) is 5.67. The first kappa shape index (κ1) is 35.4. The molecule has 0 unspecified atom stereocenters. The molecule has 4 aromatic carbocycles. The Morgan fingerprint density at radius 2 is 1.78 bits per heavy atom. The van der Waals surface area contributed by atoms with E-state index in [1.165, 1.54) is 23.5 Å². The Labute approximate surface area is 314 Å². The summed E-state index contributed by atoms with van der Waals surface area (Å²) in [7, 11) is 0. The fraction of sp³-hybridized carbons (Fsp3) is 0.184. The van der Waals surface area contributed by atoms with E-state index in [0.29, 0.717) is 37.8 Å². The van der Waals surface area contributed by atoms with Gasteiger partial charge < -0.3 is 9.47 Å². The summed E-state index contributed by atoms with van der Waals surface area (Å²) in [5.41, 5.74) is 4.48. The zero-order valence-corrected chi connectivity index (χ0v) is 31.8. The van der Waals surface area contributed by atoms with E-state index in [-0.39, 0.29) is 24.5 Å². The van der Waals surface area contributed by atoms with Crippen molar-refractivity contribution in [1.82, 2.24) is 4.57 Å². The Kier molecular flexibility index (Phi) is 10.8. The molecule has 1 aliphatic heterocycles. The Bertz CT molecular complexity index is 2300. The molecule has 9 nitrogen and oxygen atoms in total. The molecule has 0 spiro atoms. The maximum atomic E-state index is 14.5. The molecule has 6 rings (SSSR count). The summed E-state index contributed by atoms with van der Waals surface area (Å²) in [6.07, 6.45) is 1.77. The quantitative estimate of drug-likeness (QED) is 0.0611. The third kappa shape index (κ3) is 7.37. The van der Waals surface area contributed by atoms with Gasteiger partial charge in [-0.2, -0.15) is 0 Å². The van der Waals surface area contributed by atoms with Gasteiger partial charge >= 0.3 is 5.97 Å². The van der Waals surface area contributed by atoms with Crippen LogP contribution in [0.2, 0.25) is 0 Å². The highest BCUT2D eigenvalue weighted by Crippen LogP contribution is 2.36. The number of hydrogen-bond acceptors (Lipinski definition) is 8. The lowest BCUT2D eigenvalue weighted by Gasteiger charge is -2.26. The molecule has 0 amide bonds. The minimum atomic E-state index is -0.788. The largest absolute Gasteiger partial charge is 0.487 e. The molecule has 50 heavy (non-hydrogen) atoms. The van der Waals surface area contributed by atoms with Gasteiger partial charge in [0, 0.05) is 27.7 Å². The highest BCUT2D eigenvalue weighted by Gasteiger charge is 2.35. The minimum Gasteiger partial charge on any atom is -0.487 e. The van der Waals surface area contributed by atoms with E-state index >= 15 is 0 Å². The van der Waals surface area contributed by atoms with Crippen molar-refractivity contribution in [3.05, 3.63) is 162 Å². The number of carbonyl (C=O) groups excluding carboxylic acids is 1. The Morgan fingerprint density at radius 3 is 2.42 bits per heavy atom. The number of halogens is 2. The predicted molar refractivity (Wildman–Crippen MR) is 206 cm³/mol. The first-order chi connectivity index (χ1) is 24.0. The van der Waals surface area contributed by atoms with Crippen LogP contribution in [-0.2, 0) is 16.1 Å². The van der Waals surface area contributed by atoms with Crippen molar-refractivity contribution in [2.24, 2.45) is 4.99 Å². The van der Waals surface area contributed by atoms with Crippen LogP contribution < -0.4 is 19.6 Å². The topological polar surface area (TPSA) is 113 Å². The number of esters is 1. The number of hydrogen-bond donors (Lipinski definition) is 0. The normalized spacial score (nSPS) is 14.4. The van der Waals surface area contributed by atoms with E-state index in [1.54, 1.807) is 29.7 Å². The lowest BCUT2D eigenvalue weighted by Crippen LogP contribution is -2.40. The van der Waals surface area contributed by atoms with E-state index in [1.807, 2.05) is 66.7 Å². The van der Waals surface area contributed by atoms with Gasteiger partial charge in [0.15, 0.2) is 4.80 Å². The Hall–Kier alpha value is -4.40. The summed E-state index contributed by atoms with van der Waals surface area (Å²) in [4.78, 5) is 44.4. The lowest BCUT2D eigenvalue weighted by atomic mass is 9.91. The van der Waals surface area contributed by atoms with Crippen molar-refractivity contribution in [2.75, 3.05) is 6.61 Å². The van der Waals surface area contributed by atoms with Crippen molar-refractivity contribution < 1.29 is 19.2 Å². The van der Waals surface area contributed by atoms with Crippen LogP contribution in [0.25, 0.3) is 11.8 Å². The summed E-state index contributed by atoms with van der Waals surface area (Å²) in [5.74, 6) is 0.317. The zero-order chi connectivity index (χ0) is 35.5. The van der Waals surface area contributed by atoms with Crippen LogP contribution in [0, 0.1) is 13.7 Å². The molecule has 1 aromatic heterocycles. The molecule has 0 aliphatic carbocycles. The molecule has 0 N–H and O–H groups in total. The molecule has 0 bridgehead atoms. The maximum Gasteiger partial charge on any atom is 0.338 e. The number of aromatic nitrogens is 1. The van der Waals surface area contributed by atoms with Gasteiger partial charge in [0.25, 0.3) is 11.2 Å². The van der Waals surface area contributed by atoms with Gasteiger partial charge in [0.1, 0.15) is 12.4 Å². The van der Waals surface area contributed by atoms with Gasteiger partial charge in [-0.3, -0.25) is 19.5 Å². The van der Waals surface area contributed by atoms with Crippen molar-refractivity contribution in [3.63, 3.8) is 0 Å². The number of fused-ring (bicyclic) bond motifs is 1. The van der Waals surface area contributed by atoms with E-state index < -0.39 is 16.9 Å². The predicted octanol–water partition coefficient (Wildman–Crippen LogP) is 7.91. The van der Waals surface area contributed by atoms with Crippen LogP contribution in [0.5, 0.6) is 5.75 Å². The van der Waals surface area contributed by atoms with Gasteiger partial charge in [-0.1, -0.05) is 95.7 Å². The molecule has 5 aromatic rings. The fourth-order valence-corrected chi connectivity index (χ4v) is 8.37. The Balaban J connectivity index is 1.52. The van der Waals surface area contributed by atoms with E-state index in [4.69, 9.17) is 14.5 Å². The van der Waals surface area contributed by atoms with E-state index in [2.05, 4.69) is 52.4 Å². The van der Waals surface area contributed by atoms with Crippen LogP contribution in [0.4, 0.5) is 5.69 Å². The van der Waals surface area contributed by atoms with Gasteiger partial charge in [-0.05, 0) is 82.5 Å². The molecule has 12 heteroatoms. The van der Waals surface area contributed by atoms with Crippen LogP contribution in [0.3, 0.4) is 0 Å². The molecule has 0 saturated heterocycles. The maximum absolute atomic E-state index is 14.5. The molecule has 1 atom stereocenters. The summed E-state index contributed by atoms with van der Waals surface area (Å²) in [5, 5.41) is 11.1. The second-order valence-corrected chi connectivity index (χ2v) is 14.9. The average Bonchev–Trinajstić information content (AvgIpc) is 3.41. The summed E-state index contributed by atoms with van der Waals surface area (Å²) >= 11 is 6.99. The summed E-state index contributed by atoms with van der Waals surface area (Å²) in [6, 6.07) is 26.6. The van der Waals surface area contributed by atoms with Crippen molar-refractivity contribution in [1.29, 1.82) is 0 Å². The third-order valence-electron chi connectivity index (χ3n) is 8.15. The number of ether oxygens (including phenoxy) is 2. The molecule has 254 valence electrons. The first-order valence-electron chi connectivity index (χ1n) is 15.8. The molecule has 0 fully saturated rings. The zero-order valence-electron chi connectivity index (χ0n) is 27.3. The van der Waals surface area contributed by atoms with Crippen LogP contribution in [0.15, 0.2) is 111 Å². The van der Waals surface area contributed by atoms with E-state index in [9.17, 15) is 19.7 Å². The van der Waals surface area contributed by atoms with E-state index in [0.717, 1.165) is 30.3 Å². The second-order valence-electron chi connectivity index (χ2n) is 11.8. The minimum absolute atomic E-state index is 0.00117. The van der Waals surface area contributed by atoms with Crippen LogP contribution in [-0.4, -0.2) is 22.1 Å². The Morgan fingerprint density at radius 1 is 1.08 bits per heavy atom. The molecular formula is C38H31BrIN3O6S. The summed E-state index contributed by atoms with van der Waals surface area (Å²) < 4.78 is 15.4. The molecule has 1 aliphatic rings. The van der Waals surface area contributed by atoms with Gasteiger partial charge in [-0.15, -0.1) is 0 Å². The van der Waals surface area contributed by atoms with Crippen LogP contribution in [0.1, 0.15) is 60.5 Å². The average molecular weight is 865 g/mol. The SMILES string of the molecule is CCOC(=O)C1=C(c2ccccc2)N=c2s/c(=C\c3cc(Br)cc(I)c3OCc3ccc([N+](=O)[O-])cc3)c(=O)n2[C@@H]1c1ccc(C(C)C)cc1. The number of carbonyl (C=O) groups is 1. The molecule has 0 radical (unpaired) electrons. The number of thiazole rings is 1. The van der Waals surface area contributed by atoms with Gasteiger partial charge in [0.05, 0.1) is 36.9 Å². The smallest absolute Gasteiger partial charge is 0.338 e. The van der Waals surface area contributed by atoms with Crippen molar-refractivity contribution >= 4 is 73.3 Å². The van der Waals surface area contributed by atoms with Crippen LogP contribution >= 0.6 is 49.9 Å². The van der Waals surface area contributed by atoms with Gasteiger partial charge in [0.2, 0.25) is 0 Å². The molecule has 2 heterocycles. The van der Waals surface area contributed by atoms with Crippen molar-refractivity contribution in [2.45, 2.75) is 39.3 Å². The molecular weight excluding hydrogens is 833 g/mol. The van der Waals surface area contributed by atoms with Crippen molar-refractivity contribution in [3.8, 4) is 5.75 Å². The highest BCUT2D eigenvalue weighted by molar-refractivity contribution is 14.1. The van der Waals surface area contributed by atoms with Gasteiger partial charge in [-0.25, -0.2) is 9.79 Å². The number of nitro benzene ring substituents is 1. The number of benzene rings is 4. The summed E-state index contributed by atoms with van der Waals surface area (Å²) in [6.45, 7) is 6.31. The number of nitrogens with zero attached hydrogens (tertiary/aromatic N) is 3. The molecule has 0 saturated carbocycles. The first-order valence-corrected chi connectivity index (χ1v) is 18.5. The number of nitro groups is 1. The second kappa shape index (κ2) is 15.2. The third-order valence-corrected chi connectivity index (χ3v) is 10.4. The number of rotatable bonds is 10. The monoisotopic (exact) mass is 863 g/mol. The number of non-ortho nitro benzene ring substituents is 1. The standard InChI is InChI=1S/C38H31BrIN3O6S/c1-4-48-37(45)32-33(25-8-6-5-7-9-25)41-38-42(34(32)26-14-12-24(13-15-26)22(2)3)36(44)31(50-38)19-27-18-28(39)20-30(40)35(27)49-21-23-10-16-29(17-11-23)43(46)47/h5-20,22,34H,4,21H2,1-3H3/b31-19-/t34-/m1/s1.